The second-order valence-electron chi connectivity index (χ2n) is 2.89. The van der Waals surface area contributed by atoms with Crippen molar-refractivity contribution in [3.05, 3.63) is 0 Å². The van der Waals surface area contributed by atoms with E-state index in [1.165, 1.54) is 10.8 Å². The number of hydrogen-bond acceptors (Lipinski definition) is 5. The molecule has 0 amide bonds. The number of hydrogen-bond donors (Lipinski definition) is 1. The van der Waals surface area contributed by atoms with Gasteiger partial charge in [-0.2, -0.15) is 0 Å². The molecule has 0 spiro atoms. The summed E-state index contributed by atoms with van der Waals surface area (Å²) in [5.41, 5.74) is 0. The summed E-state index contributed by atoms with van der Waals surface area (Å²) in [4.78, 5) is 2.14. The Bertz CT molecular complexity index is 225. The van der Waals surface area contributed by atoms with E-state index in [1.807, 2.05) is 6.92 Å². The Kier molecular flexibility index (Phi) is 3.75. The highest BCUT2D eigenvalue weighted by Crippen LogP contribution is 2.20. The van der Waals surface area contributed by atoms with Gasteiger partial charge >= 0.3 is 0 Å². The van der Waals surface area contributed by atoms with E-state index in [9.17, 15) is 8.42 Å². The number of nitrogens with zero attached hydrogens (tertiary/aromatic N) is 1. The van der Waals surface area contributed by atoms with Gasteiger partial charge in [-0.25, -0.2) is 8.42 Å². The molecular weight excluding hydrogens is 214 g/mol. The van der Waals surface area contributed by atoms with Crippen LogP contribution < -0.4 is 0 Å². The van der Waals surface area contributed by atoms with Crippen molar-refractivity contribution in [2.45, 2.75) is 12.3 Å². The van der Waals surface area contributed by atoms with Crippen LogP contribution in [-0.4, -0.2) is 43.3 Å². The number of thiol groups is 1. The van der Waals surface area contributed by atoms with Crippen LogP contribution in [-0.2, 0) is 9.84 Å². The van der Waals surface area contributed by atoms with E-state index in [0.29, 0.717) is 30.0 Å². The van der Waals surface area contributed by atoms with Gasteiger partial charge in [0.1, 0.15) is 0 Å². The van der Waals surface area contributed by atoms with Crippen molar-refractivity contribution >= 4 is 32.3 Å². The van der Waals surface area contributed by atoms with E-state index in [-0.39, 0.29) is 0 Å². The van der Waals surface area contributed by atoms with Crippen LogP contribution in [0.3, 0.4) is 0 Å². The van der Waals surface area contributed by atoms with Crippen LogP contribution in [0.2, 0.25) is 0 Å². The van der Waals surface area contributed by atoms with E-state index in [2.05, 4.69) is 16.6 Å². The van der Waals surface area contributed by atoms with Crippen molar-refractivity contribution in [3.8, 4) is 0 Å². The molecule has 1 saturated heterocycles. The lowest BCUT2D eigenvalue weighted by atomic mass is 10.5. The van der Waals surface area contributed by atoms with Gasteiger partial charge in [-0.3, -0.25) is 4.90 Å². The van der Waals surface area contributed by atoms with Crippen molar-refractivity contribution in [1.82, 2.24) is 4.90 Å². The summed E-state index contributed by atoms with van der Waals surface area (Å²) in [6.07, 6.45) is 0. The minimum absolute atomic E-state index is 0.297. The summed E-state index contributed by atoms with van der Waals surface area (Å²) in [5.74, 6) is 0.595. The van der Waals surface area contributed by atoms with Gasteiger partial charge in [-0.1, -0.05) is 10.8 Å². The quantitative estimate of drug-likeness (QED) is 0.555. The van der Waals surface area contributed by atoms with E-state index < -0.39 is 9.84 Å². The number of rotatable bonds is 2. The first-order valence-corrected chi connectivity index (χ1v) is 7.55. The third-order valence-corrected chi connectivity index (χ3v) is 5.17. The molecule has 0 radical (unpaired) electrons. The minimum atomic E-state index is -2.73. The van der Waals surface area contributed by atoms with Crippen LogP contribution >= 0.6 is 22.5 Å². The molecule has 0 N–H and O–H groups in total. The maximum absolute atomic E-state index is 11.1. The Morgan fingerprint density at radius 2 is 1.92 bits per heavy atom. The first kappa shape index (κ1) is 10.7. The highest BCUT2D eigenvalue weighted by Gasteiger charge is 2.24. The maximum atomic E-state index is 11.1. The lowest BCUT2D eigenvalue weighted by molar-refractivity contribution is 0.290. The Balaban J connectivity index is 2.46. The molecule has 1 heterocycles. The van der Waals surface area contributed by atoms with Gasteiger partial charge in [0.2, 0.25) is 0 Å². The van der Waals surface area contributed by atoms with Crippen molar-refractivity contribution in [2.75, 3.05) is 24.6 Å². The smallest absolute Gasteiger partial charge is 0.152 e. The normalized spacial score (nSPS) is 26.8. The monoisotopic (exact) mass is 227 g/mol. The van der Waals surface area contributed by atoms with Gasteiger partial charge in [0, 0.05) is 13.1 Å². The van der Waals surface area contributed by atoms with Gasteiger partial charge in [0.05, 0.1) is 16.9 Å². The van der Waals surface area contributed by atoms with Crippen LogP contribution in [0.5, 0.6) is 0 Å². The molecule has 1 atom stereocenters. The first-order chi connectivity index (χ1) is 5.55. The zero-order chi connectivity index (χ0) is 9.19. The fourth-order valence-electron chi connectivity index (χ4n) is 1.16. The third kappa shape index (κ3) is 2.83. The first-order valence-electron chi connectivity index (χ1n) is 3.80. The summed E-state index contributed by atoms with van der Waals surface area (Å²) in [6, 6.07) is 0. The van der Waals surface area contributed by atoms with E-state index in [4.69, 9.17) is 0 Å². The van der Waals surface area contributed by atoms with E-state index in [1.54, 1.807) is 0 Å². The van der Waals surface area contributed by atoms with Crippen LogP contribution in [0.25, 0.3) is 0 Å². The standard InChI is InChI=1S/C6H13NO2S3/c1-6(11-10)7-2-4-12(8,9)5-3-7/h6,10H,2-5H2,1H3. The van der Waals surface area contributed by atoms with Gasteiger partial charge < -0.3 is 0 Å². The van der Waals surface area contributed by atoms with E-state index >= 15 is 0 Å². The minimum Gasteiger partial charge on any atom is -0.289 e. The average Bonchev–Trinajstić information content (AvgIpc) is 2.03. The van der Waals surface area contributed by atoms with Crippen LogP contribution in [0.15, 0.2) is 0 Å². The molecule has 1 unspecified atom stereocenters. The van der Waals surface area contributed by atoms with Crippen molar-refractivity contribution in [1.29, 1.82) is 0 Å². The lowest BCUT2D eigenvalue weighted by Gasteiger charge is -2.30. The Labute approximate surface area is 82.6 Å². The Morgan fingerprint density at radius 1 is 1.42 bits per heavy atom. The van der Waals surface area contributed by atoms with Crippen molar-refractivity contribution in [2.24, 2.45) is 0 Å². The fraction of sp³-hybridized carbons (Fsp3) is 1.00. The molecule has 1 aliphatic rings. The molecule has 6 heteroatoms. The van der Waals surface area contributed by atoms with Crippen LogP contribution in [0.1, 0.15) is 6.92 Å². The molecule has 72 valence electrons. The second kappa shape index (κ2) is 4.21. The maximum Gasteiger partial charge on any atom is 0.152 e. The molecule has 0 saturated carbocycles. The predicted molar refractivity (Wildman–Crippen MR) is 56.3 cm³/mol. The molecule has 12 heavy (non-hydrogen) atoms. The molecule has 0 bridgehead atoms. The molecule has 1 rings (SSSR count). The molecule has 1 fully saturated rings. The van der Waals surface area contributed by atoms with Crippen molar-refractivity contribution in [3.63, 3.8) is 0 Å². The van der Waals surface area contributed by atoms with Gasteiger partial charge in [0.15, 0.2) is 9.84 Å². The van der Waals surface area contributed by atoms with Crippen LogP contribution in [0, 0.1) is 0 Å². The molecule has 0 aliphatic carbocycles. The molecular formula is C6H13NO2S3. The molecule has 1 aliphatic heterocycles. The highest BCUT2D eigenvalue weighted by atomic mass is 33.1. The molecule has 0 aromatic rings. The molecule has 3 nitrogen and oxygen atoms in total. The lowest BCUT2D eigenvalue weighted by Crippen LogP contribution is -2.43. The summed E-state index contributed by atoms with van der Waals surface area (Å²) >= 11 is 4.09. The van der Waals surface area contributed by atoms with Gasteiger partial charge in [-0.15, -0.1) is 11.7 Å². The van der Waals surface area contributed by atoms with Gasteiger partial charge in [0.25, 0.3) is 0 Å². The highest BCUT2D eigenvalue weighted by molar-refractivity contribution is 8.68. The second-order valence-corrected chi connectivity index (χ2v) is 6.72. The fourth-order valence-corrected chi connectivity index (χ4v) is 3.13. The Morgan fingerprint density at radius 3 is 2.33 bits per heavy atom. The zero-order valence-electron chi connectivity index (χ0n) is 6.93. The SMILES string of the molecule is CC(SS)N1CCS(=O)(=O)CC1. The summed E-state index contributed by atoms with van der Waals surface area (Å²) < 4.78 is 22.1. The topological polar surface area (TPSA) is 37.4 Å². The molecule has 0 aromatic heterocycles. The summed E-state index contributed by atoms with van der Waals surface area (Å²) in [5, 5.41) is 0.309. The van der Waals surface area contributed by atoms with Crippen LogP contribution in [0.4, 0.5) is 0 Å². The summed E-state index contributed by atoms with van der Waals surface area (Å²) in [6.45, 7) is 3.34. The Hall–Kier alpha value is 0.610. The average molecular weight is 227 g/mol. The molecule has 0 aromatic carbocycles. The third-order valence-electron chi connectivity index (χ3n) is 2.05. The van der Waals surface area contributed by atoms with Crippen molar-refractivity contribution < 1.29 is 8.42 Å². The summed E-state index contributed by atoms with van der Waals surface area (Å²) in [7, 11) is -1.28. The number of sulfone groups is 1. The zero-order valence-corrected chi connectivity index (χ0v) is 9.46. The van der Waals surface area contributed by atoms with Gasteiger partial charge in [-0.05, 0) is 6.92 Å². The van der Waals surface area contributed by atoms with E-state index in [0.717, 1.165) is 0 Å². The largest absolute Gasteiger partial charge is 0.289 e. The predicted octanol–water partition coefficient (Wildman–Crippen LogP) is 0.641.